The van der Waals surface area contributed by atoms with Crippen LogP contribution in [0.2, 0.25) is 0 Å². The molecule has 1 amide bonds. The third kappa shape index (κ3) is 3.76. The average molecular weight is 449 g/mol. The number of aromatic nitrogens is 2. The lowest BCUT2D eigenvalue weighted by molar-refractivity contribution is 0.0687. The summed E-state index contributed by atoms with van der Waals surface area (Å²) in [6.45, 7) is 0.998. The molecule has 0 unspecified atom stereocenters. The molecule has 32 heavy (non-hydrogen) atoms. The van der Waals surface area contributed by atoms with E-state index in [4.69, 9.17) is 4.52 Å². The first-order valence-electron chi connectivity index (χ1n) is 10.2. The fourth-order valence-corrected chi connectivity index (χ4v) is 5.26. The van der Waals surface area contributed by atoms with Crippen molar-refractivity contribution in [2.24, 2.45) is 0 Å². The summed E-state index contributed by atoms with van der Waals surface area (Å²) in [6, 6.07) is 17.9. The monoisotopic (exact) mass is 448 g/mol. The second kappa shape index (κ2) is 8.18. The number of hydrogen-bond acceptors (Lipinski definition) is 6. The first kappa shape index (κ1) is 20.3. The molecule has 8 nitrogen and oxygen atoms in total. The Bertz CT molecular complexity index is 1380. The molecule has 0 aliphatic carbocycles. The van der Waals surface area contributed by atoms with E-state index in [0.717, 1.165) is 16.3 Å². The standard InChI is InChI=1S/C23H20N4O4S/c28-23(21-16-22(31-25-21)18-7-9-24-10-8-18)26-11-13-27(14-12-26)32(29,30)20-6-5-17-3-1-2-4-19(17)15-20/h1-10,15-16H,11-14H2. The van der Waals surface area contributed by atoms with Gasteiger partial charge in [-0.05, 0) is 35.0 Å². The highest BCUT2D eigenvalue weighted by Gasteiger charge is 2.31. The van der Waals surface area contributed by atoms with Crippen LogP contribution < -0.4 is 0 Å². The summed E-state index contributed by atoms with van der Waals surface area (Å²) in [6.07, 6.45) is 3.27. The van der Waals surface area contributed by atoms with Gasteiger partial charge >= 0.3 is 0 Å². The highest BCUT2D eigenvalue weighted by molar-refractivity contribution is 7.89. The number of benzene rings is 2. The van der Waals surface area contributed by atoms with Gasteiger partial charge in [0.1, 0.15) is 0 Å². The molecule has 4 aromatic rings. The van der Waals surface area contributed by atoms with E-state index in [1.54, 1.807) is 47.6 Å². The molecule has 3 heterocycles. The van der Waals surface area contributed by atoms with E-state index in [-0.39, 0.29) is 42.7 Å². The SMILES string of the molecule is O=C(c1cc(-c2ccncc2)on1)N1CCN(S(=O)(=O)c2ccc3ccccc3c2)CC1. The molecule has 162 valence electrons. The maximum Gasteiger partial charge on any atom is 0.276 e. The predicted octanol–water partition coefficient (Wildman–Crippen LogP) is 3.04. The minimum atomic E-state index is -3.64. The quantitative estimate of drug-likeness (QED) is 0.476. The van der Waals surface area contributed by atoms with Crippen LogP contribution in [0.25, 0.3) is 22.1 Å². The van der Waals surface area contributed by atoms with Crippen LogP contribution in [0.3, 0.4) is 0 Å². The maximum atomic E-state index is 13.1. The number of nitrogens with zero attached hydrogens (tertiary/aromatic N) is 4. The number of amides is 1. The van der Waals surface area contributed by atoms with Crippen molar-refractivity contribution in [3.05, 3.63) is 78.8 Å². The van der Waals surface area contributed by atoms with Crippen LogP contribution in [0.1, 0.15) is 10.5 Å². The second-order valence-corrected chi connectivity index (χ2v) is 9.46. The van der Waals surface area contributed by atoms with Crippen LogP contribution in [-0.4, -0.2) is 59.8 Å². The molecule has 0 saturated carbocycles. The Labute approximate surface area is 185 Å². The molecule has 1 aliphatic rings. The van der Waals surface area contributed by atoms with Crippen LogP contribution in [0.5, 0.6) is 0 Å². The van der Waals surface area contributed by atoms with Gasteiger partial charge in [0.05, 0.1) is 4.90 Å². The third-order valence-electron chi connectivity index (χ3n) is 5.58. The molecule has 0 N–H and O–H groups in total. The third-order valence-corrected chi connectivity index (χ3v) is 7.47. The van der Waals surface area contributed by atoms with Crippen molar-refractivity contribution < 1.29 is 17.7 Å². The van der Waals surface area contributed by atoms with Gasteiger partial charge in [0.15, 0.2) is 11.5 Å². The Morgan fingerprint density at radius 2 is 1.59 bits per heavy atom. The molecule has 2 aromatic carbocycles. The zero-order chi connectivity index (χ0) is 22.1. The molecule has 1 fully saturated rings. The van der Waals surface area contributed by atoms with E-state index >= 15 is 0 Å². The normalized spacial score (nSPS) is 15.2. The van der Waals surface area contributed by atoms with Crippen molar-refractivity contribution >= 4 is 26.7 Å². The van der Waals surface area contributed by atoms with Gasteiger partial charge in [0.2, 0.25) is 10.0 Å². The fourth-order valence-electron chi connectivity index (χ4n) is 3.80. The fraction of sp³-hybridized carbons (Fsp3) is 0.174. The van der Waals surface area contributed by atoms with Crippen molar-refractivity contribution in [2.45, 2.75) is 4.90 Å². The Hall–Kier alpha value is -3.56. The van der Waals surface area contributed by atoms with Gasteiger partial charge in [-0.2, -0.15) is 4.31 Å². The Balaban J connectivity index is 1.28. The molecule has 1 aliphatic heterocycles. The van der Waals surface area contributed by atoms with Crippen LogP contribution in [0.15, 0.2) is 82.5 Å². The number of fused-ring (bicyclic) bond motifs is 1. The molecule has 5 rings (SSSR count). The van der Waals surface area contributed by atoms with Gasteiger partial charge in [0.25, 0.3) is 5.91 Å². The van der Waals surface area contributed by atoms with Crippen LogP contribution in [-0.2, 0) is 10.0 Å². The summed E-state index contributed by atoms with van der Waals surface area (Å²) in [7, 11) is -3.64. The van der Waals surface area contributed by atoms with Gasteiger partial charge in [-0.1, -0.05) is 35.5 Å². The highest BCUT2D eigenvalue weighted by Crippen LogP contribution is 2.24. The number of hydrogen-bond donors (Lipinski definition) is 0. The zero-order valence-corrected chi connectivity index (χ0v) is 17.9. The summed E-state index contributed by atoms with van der Waals surface area (Å²) in [5.74, 6) is 0.199. The lowest BCUT2D eigenvalue weighted by Crippen LogP contribution is -2.50. The first-order valence-corrected chi connectivity index (χ1v) is 11.6. The molecule has 9 heteroatoms. The van der Waals surface area contributed by atoms with Crippen LogP contribution in [0.4, 0.5) is 0 Å². The molecule has 0 atom stereocenters. The summed E-state index contributed by atoms with van der Waals surface area (Å²) in [5.41, 5.74) is 0.973. The summed E-state index contributed by atoms with van der Waals surface area (Å²) in [4.78, 5) is 18.7. The van der Waals surface area contributed by atoms with Crippen molar-refractivity contribution in [1.29, 1.82) is 0 Å². The largest absolute Gasteiger partial charge is 0.355 e. The summed E-state index contributed by atoms with van der Waals surface area (Å²) >= 11 is 0. The topological polar surface area (TPSA) is 96.6 Å². The summed E-state index contributed by atoms with van der Waals surface area (Å²) < 4.78 is 33.0. The smallest absolute Gasteiger partial charge is 0.276 e. The van der Waals surface area contributed by atoms with E-state index in [1.807, 2.05) is 30.3 Å². The maximum absolute atomic E-state index is 13.1. The molecule has 1 saturated heterocycles. The second-order valence-electron chi connectivity index (χ2n) is 7.52. The van der Waals surface area contributed by atoms with Gasteiger partial charge < -0.3 is 9.42 Å². The van der Waals surface area contributed by atoms with E-state index in [1.165, 1.54) is 4.31 Å². The number of carbonyl (C=O) groups is 1. The highest BCUT2D eigenvalue weighted by atomic mass is 32.2. The van der Waals surface area contributed by atoms with Gasteiger partial charge in [-0.3, -0.25) is 9.78 Å². The van der Waals surface area contributed by atoms with Gasteiger partial charge in [0, 0.05) is 50.2 Å². The van der Waals surface area contributed by atoms with E-state index < -0.39 is 10.0 Å². The van der Waals surface area contributed by atoms with Gasteiger partial charge in [-0.15, -0.1) is 0 Å². The lowest BCUT2D eigenvalue weighted by Gasteiger charge is -2.33. The molecule has 0 radical (unpaired) electrons. The number of sulfonamides is 1. The Kier molecular flexibility index (Phi) is 5.20. The zero-order valence-electron chi connectivity index (χ0n) is 17.1. The van der Waals surface area contributed by atoms with E-state index in [0.29, 0.717) is 5.76 Å². The molecular formula is C23H20N4O4S. The van der Waals surface area contributed by atoms with E-state index in [9.17, 15) is 13.2 Å². The Morgan fingerprint density at radius 3 is 2.34 bits per heavy atom. The number of piperazine rings is 1. The van der Waals surface area contributed by atoms with Crippen LogP contribution in [0, 0.1) is 0 Å². The first-order chi connectivity index (χ1) is 15.5. The van der Waals surface area contributed by atoms with E-state index in [2.05, 4.69) is 10.1 Å². The molecule has 2 aromatic heterocycles. The summed E-state index contributed by atoms with van der Waals surface area (Å²) in [5, 5.41) is 5.75. The minimum absolute atomic E-state index is 0.197. The molecule has 0 bridgehead atoms. The van der Waals surface area contributed by atoms with Crippen molar-refractivity contribution in [1.82, 2.24) is 19.3 Å². The van der Waals surface area contributed by atoms with Crippen molar-refractivity contribution in [2.75, 3.05) is 26.2 Å². The molecular weight excluding hydrogens is 428 g/mol. The number of carbonyl (C=O) groups excluding carboxylic acids is 1. The van der Waals surface area contributed by atoms with Gasteiger partial charge in [-0.25, -0.2) is 8.42 Å². The Morgan fingerprint density at radius 1 is 0.875 bits per heavy atom. The predicted molar refractivity (Wildman–Crippen MR) is 118 cm³/mol. The molecule has 0 spiro atoms. The number of rotatable bonds is 4. The lowest BCUT2D eigenvalue weighted by atomic mass is 10.1. The van der Waals surface area contributed by atoms with Crippen LogP contribution >= 0.6 is 0 Å². The number of pyridine rings is 1. The minimum Gasteiger partial charge on any atom is -0.355 e. The average Bonchev–Trinajstić information content (AvgIpc) is 3.34. The van der Waals surface area contributed by atoms with Crippen molar-refractivity contribution in [3.63, 3.8) is 0 Å². The van der Waals surface area contributed by atoms with Crippen molar-refractivity contribution in [3.8, 4) is 11.3 Å².